The molecule has 1 saturated heterocycles. The molecular formula is C23H25N3O4S. The maximum absolute atomic E-state index is 12.9. The van der Waals surface area contributed by atoms with E-state index >= 15 is 0 Å². The minimum absolute atomic E-state index is 0.0595. The minimum Gasteiger partial charge on any atom is -0.376 e. The molecule has 0 radical (unpaired) electrons. The van der Waals surface area contributed by atoms with Crippen LogP contribution in [0.1, 0.15) is 40.7 Å². The van der Waals surface area contributed by atoms with Crippen molar-refractivity contribution in [2.75, 3.05) is 19.7 Å². The van der Waals surface area contributed by atoms with Crippen molar-refractivity contribution in [2.45, 2.75) is 43.1 Å². The Kier molecular flexibility index (Phi) is 5.60. The van der Waals surface area contributed by atoms with Crippen molar-refractivity contribution in [1.82, 2.24) is 14.4 Å². The molecule has 0 atom stereocenters. The predicted molar refractivity (Wildman–Crippen MR) is 114 cm³/mol. The molecule has 2 heterocycles. The Morgan fingerprint density at radius 3 is 2.71 bits per heavy atom. The normalized spacial score (nSPS) is 16.9. The molecule has 1 aliphatic heterocycles. The maximum atomic E-state index is 12.9. The van der Waals surface area contributed by atoms with Crippen LogP contribution < -0.4 is 0 Å². The Morgan fingerprint density at radius 2 is 1.87 bits per heavy atom. The largest absolute Gasteiger partial charge is 0.376 e. The summed E-state index contributed by atoms with van der Waals surface area (Å²) in [7, 11) is -3.48. The third-order valence-corrected chi connectivity index (χ3v) is 7.80. The van der Waals surface area contributed by atoms with Crippen LogP contribution in [0, 0.1) is 0 Å². The molecular weight excluding hydrogens is 414 g/mol. The second kappa shape index (κ2) is 8.53. The highest BCUT2D eigenvalue weighted by Gasteiger charge is 2.40. The number of benzene rings is 2. The number of hydrogen-bond donors (Lipinski definition) is 0. The molecule has 0 amide bonds. The van der Waals surface area contributed by atoms with E-state index in [1.54, 1.807) is 6.07 Å². The Balaban J connectivity index is 1.13. The van der Waals surface area contributed by atoms with Crippen LogP contribution in [0.5, 0.6) is 0 Å². The summed E-state index contributed by atoms with van der Waals surface area (Å²) in [5.41, 5.74) is 3.55. The van der Waals surface area contributed by atoms with E-state index in [2.05, 4.69) is 10.1 Å². The lowest BCUT2D eigenvalue weighted by molar-refractivity contribution is 0.122. The van der Waals surface area contributed by atoms with Gasteiger partial charge >= 0.3 is 0 Å². The van der Waals surface area contributed by atoms with Gasteiger partial charge in [-0.15, -0.1) is 0 Å². The van der Waals surface area contributed by atoms with Crippen LogP contribution in [0.15, 0.2) is 57.9 Å². The van der Waals surface area contributed by atoms with Crippen LogP contribution in [0.2, 0.25) is 0 Å². The Bertz CT molecular complexity index is 1150. The molecule has 5 rings (SSSR count). The molecule has 31 heavy (non-hydrogen) atoms. The van der Waals surface area contributed by atoms with Crippen molar-refractivity contribution in [3.63, 3.8) is 0 Å². The summed E-state index contributed by atoms with van der Waals surface area (Å²) in [6.45, 7) is 1.78. The van der Waals surface area contributed by atoms with Gasteiger partial charge in [-0.05, 0) is 48.1 Å². The van der Waals surface area contributed by atoms with Crippen molar-refractivity contribution >= 4 is 10.0 Å². The SMILES string of the molecule is O=S(=O)(c1ccc2c(c1)CCC2)N1CC(c2nc(CCOCc3ccccc3)no2)C1. The van der Waals surface area contributed by atoms with E-state index in [1.807, 2.05) is 42.5 Å². The highest BCUT2D eigenvalue weighted by molar-refractivity contribution is 7.89. The zero-order valence-corrected chi connectivity index (χ0v) is 18.1. The van der Waals surface area contributed by atoms with Crippen LogP contribution >= 0.6 is 0 Å². The molecule has 0 bridgehead atoms. The Hall–Kier alpha value is -2.55. The molecule has 7 nitrogen and oxygen atoms in total. The first kappa shape index (κ1) is 20.4. The molecule has 162 valence electrons. The quantitative estimate of drug-likeness (QED) is 0.502. The van der Waals surface area contributed by atoms with Crippen LogP contribution in [-0.2, 0) is 40.6 Å². The van der Waals surface area contributed by atoms with E-state index in [-0.39, 0.29) is 5.92 Å². The van der Waals surface area contributed by atoms with Gasteiger partial charge in [0.2, 0.25) is 15.9 Å². The molecule has 3 aromatic rings. The van der Waals surface area contributed by atoms with Gasteiger partial charge in [0.1, 0.15) is 0 Å². The third-order valence-electron chi connectivity index (χ3n) is 5.97. The van der Waals surface area contributed by atoms with Crippen molar-refractivity contribution in [3.8, 4) is 0 Å². The summed E-state index contributed by atoms with van der Waals surface area (Å²) < 4.78 is 38.4. The maximum Gasteiger partial charge on any atom is 0.243 e. The van der Waals surface area contributed by atoms with Crippen molar-refractivity contribution in [3.05, 3.63) is 76.9 Å². The summed E-state index contributed by atoms with van der Waals surface area (Å²) in [6.07, 6.45) is 3.65. The Morgan fingerprint density at radius 1 is 1.06 bits per heavy atom. The number of nitrogens with zero attached hydrogens (tertiary/aromatic N) is 3. The molecule has 1 aliphatic carbocycles. The van der Waals surface area contributed by atoms with E-state index in [4.69, 9.17) is 9.26 Å². The van der Waals surface area contributed by atoms with Crippen LogP contribution in [0.25, 0.3) is 0 Å². The van der Waals surface area contributed by atoms with Gasteiger partial charge in [-0.3, -0.25) is 0 Å². The van der Waals surface area contributed by atoms with Gasteiger partial charge in [-0.25, -0.2) is 8.42 Å². The smallest absolute Gasteiger partial charge is 0.243 e. The van der Waals surface area contributed by atoms with Gasteiger partial charge in [0.05, 0.1) is 24.0 Å². The van der Waals surface area contributed by atoms with Gasteiger partial charge in [0.25, 0.3) is 0 Å². The number of fused-ring (bicyclic) bond motifs is 1. The summed E-state index contributed by atoms with van der Waals surface area (Å²) in [6, 6.07) is 15.5. The topological polar surface area (TPSA) is 85.5 Å². The van der Waals surface area contributed by atoms with Gasteiger partial charge in [0.15, 0.2) is 5.82 Å². The molecule has 1 fully saturated rings. The van der Waals surface area contributed by atoms with Gasteiger partial charge in [0, 0.05) is 19.5 Å². The highest BCUT2D eigenvalue weighted by Crippen LogP contribution is 2.33. The van der Waals surface area contributed by atoms with Crippen LogP contribution in [-0.4, -0.2) is 42.6 Å². The lowest BCUT2D eigenvalue weighted by atomic mass is 10.0. The molecule has 0 saturated carbocycles. The van der Waals surface area contributed by atoms with Gasteiger partial charge in [-0.1, -0.05) is 41.6 Å². The zero-order valence-electron chi connectivity index (χ0n) is 17.2. The average Bonchev–Trinajstić information content (AvgIpc) is 3.40. The number of aromatic nitrogens is 2. The van der Waals surface area contributed by atoms with Crippen molar-refractivity contribution in [2.24, 2.45) is 0 Å². The number of rotatable bonds is 8. The second-order valence-electron chi connectivity index (χ2n) is 8.14. The lowest BCUT2D eigenvalue weighted by Gasteiger charge is -2.35. The molecule has 0 spiro atoms. The standard InChI is InChI=1S/C23H25N3O4S/c27-31(28,21-10-9-18-7-4-8-19(18)13-21)26-14-20(15-26)23-24-22(25-30-23)11-12-29-16-17-5-2-1-3-6-17/h1-3,5-6,9-10,13,20H,4,7-8,11-12,14-16H2. The first-order chi connectivity index (χ1) is 15.1. The van der Waals surface area contributed by atoms with Gasteiger partial charge < -0.3 is 9.26 Å². The molecule has 2 aromatic carbocycles. The van der Waals surface area contributed by atoms with E-state index in [0.717, 1.165) is 30.4 Å². The van der Waals surface area contributed by atoms with Crippen molar-refractivity contribution in [1.29, 1.82) is 0 Å². The van der Waals surface area contributed by atoms with E-state index in [0.29, 0.717) is 49.3 Å². The monoisotopic (exact) mass is 439 g/mol. The Labute approximate surface area is 182 Å². The summed E-state index contributed by atoms with van der Waals surface area (Å²) in [5, 5.41) is 4.01. The van der Waals surface area contributed by atoms with Crippen LogP contribution in [0.3, 0.4) is 0 Å². The molecule has 2 aliphatic rings. The van der Waals surface area contributed by atoms with Crippen LogP contribution in [0.4, 0.5) is 0 Å². The molecule has 0 N–H and O–H groups in total. The van der Waals surface area contributed by atoms with Crippen molar-refractivity contribution < 1.29 is 17.7 Å². The molecule has 8 heteroatoms. The summed E-state index contributed by atoms with van der Waals surface area (Å²) in [5.74, 6) is 1.03. The lowest BCUT2D eigenvalue weighted by Crippen LogP contribution is -2.48. The zero-order chi connectivity index (χ0) is 21.3. The molecule has 1 aromatic heterocycles. The summed E-state index contributed by atoms with van der Waals surface area (Å²) in [4.78, 5) is 4.82. The minimum atomic E-state index is -3.48. The van der Waals surface area contributed by atoms with E-state index < -0.39 is 10.0 Å². The van der Waals surface area contributed by atoms with E-state index in [1.165, 1.54) is 9.87 Å². The molecule has 0 unspecified atom stereocenters. The number of aryl methyl sites for hydroxylation is 2. The highest BCUT2D eigenvalue weighted by atomic mass is 32.2. The first-order valence-electron chi connectivity index (χ1n) is 10.7. The summed E-state index contributed by atoms with van der Waals surface area (Å²) >= 11 is 0. The third kappa shape index (κ3) is 4.28. The average molecular weight is 440 g/mol. The fraction of sp³-hybridized carbons (Fsp3) is 0.391. The fourth-order valence-corrected chi connectivity index (χ4v) is 5.69. The second-order valence-corrected chi connectivity index (χ2v) is 10.1. The van der Waals surface area contributed by atoms with E-state index in [9.17, 15) is 8.42 Å². The predicted octanol–water partition coefficient (Wildman–Crippen LogP) is 3.11. The first-order valence-corrected chi connectivity index (χ1v) is 12.1. The number of sulfonamides is 1. The fourth-order valence-electron chi connectivity index (χ4n) is 4.11. The number of hydrogen-bond acceptors (Lipinski definition) is 6. The number of ether oxygens (including phenoxy) is 1. The van der Waals surface area contributed by atoms with Gasteiger partial charge in [-0.2, -0.15) is 9.29 Å².